The van der Waals surface area contributed by atoms with Crippen molar-refractivity contribution in [2.24, 2.45) is 0 Å². The maximum absolute atomic E-state index is 14.2. The highest BCUT2D eigenvalue weighted by molar-refractivity contribution is 5.97. The van der Waals surface area contributed by atoms with Crippen molar-refractivity contribution in [1.29, 1.82) is 0 Å². The molecule has 2 saturated heterocycles. The van der Waals surface area contributed by atoms with Gasteiger partial charge in [-0.05, 0) is 50.8 Å². The lowest BCUT2D eigenvalue weighted by Crippen LogP contribution is -2.55. The summed E-state index contributed by atoms with van der Waals surface area (Å²) in [4.78, 5) is 86.0. The molecule has 2 atom stereocenters. The van der Waals surface area contributed by atoms with E-state index in [1.807, 2.05) is 0 Å². The van der Waals surface area contributed by atoms with Crippen molar-refractivity contribution < 1.29 is 52.6 Å². The van der Waals surface area contributed by atoms with Crippen LogP contribution >= 0.6 is 0 Å². The zero-order valence-corrected chi connectivity index (χ0v) is 27.8. The van der Waals surface area contributed by atoms with E-state index in [0.717, 1.165) is 23.6 Å². The van der Waals surface area contributed by atoms with Crippen LogP contribution in [0, 0.1) is 5.82 Å². The van der Waals surface area contributed by atoms with Gasteiger partial charge in [0.25, 0.3) is 11.8 Å². The molecule has 1 aromatic carbocycles. The van der Waals surface area contributed by atoms with Gasteiger partial charge in [0.2, 0.25) is 17.7 Å². The number of piperazine rings is 1. The van der Waals surface area contributed by atoms with E-state index >= 15 is 0 Å². The average molecular weight is 702 g/mol. The first kappa shape index (κ1) is 36.0. The molecule has 1 aromatic heterocycles. The number of carboxylic acids is 1. The van der Waals surface area contributed by atoms with Gasteiger partial charge in [0.15, 0.2) is 12.3 Å². The van der Waals surface area contributed by atoms with Crippen molar-refractivity contribution in [1.82, 2.24) is 34.9 Å². The second-order valence-electron chi connectivity index (χ2n) is 12.1. The number of hydroxylamine groups is 2. The number of likely N-dealkylation sites (N-methyl/N-ethyl adjacent to an activating group) is 1. The molecule has 3 aliphatic rings. The topological polar surface area (TPSA) is 193 Å². The lowest BCUT2D eigenvalue weighted by atomic mass is 10.1. The first-order valence-corrected chi connectivity index (χ1v) is 16.4. The van der Waals surface area contributed by atoms with Crippen LogP contribution in [0.1, 0.15) is 49.5 Å². The first-order valence-electron chi connectivity index (χ1n) is 16.4. The lowest BCUT2D eigenvalue weighted by molar-refractivity contribution is -0.158. The number of amides is 4. The van der Waals surface area contributed by atoms with Crippen LogP contribution in [-0.4, -0.2) is 142 Å². The summed E-state index contributed by atoms with van der Waals surface area (Å²) in [5, 5.41) is 17.5. The van der Waals surface area contributed by atoms with Crippen LogP contribution in [0.25, 0.3) is 5.69 Å². The normalized spacial score (nSPS) is 18.3. The third-order valence-corrected chi connectivity index (χ3v) is 8.60. The molecule has 3 fully saturated rings. The van der Waals surface area contributed by atoms with Gasteiger partial charge in [-0.2, -0.15) is 5.10 Å². The minimum Gasteiger partial charge on any atom is -0.481 e. The summed E-state index contributed by atoms with van der Waals surface area (Å²) < 4.78 is 25.9. The largest absolute Gasteiger partial charge is 0.527 e. The summed E-state index contributed by atoms with van der Waals surface area (Å²) >= 11 is 0. The van der Waals surface area contributed by atoms with Crippen LogP contribution in [0.5, 0.6) is 5.88 Å². The number of hydrogen-bond acceptors (Lipinski definition) is 11. The minimum atomic E-state index is -1.49. The Balaban J connectivity index is 1.28. The molecule has 4 amide bonds. The number of rotatable bonds is 13. The summed E-state index contributed by atoms with van der Waals surface area (Å²) in [6.45, 7) is 2.01. The molecule has 270 valence electrons. The van der Waals surface area contributed by atoms with E-state index in [4.69, 9.17) is 14.3 Å². The van der Waals surface area contributed by atoms with Gasteiger partial charge >= 0.3 is 12.1 Å². The summed E-state index contributed by atoms with van der Waals surface area (Å²) in [6.07, 6.45) is 1.42. The molecular formula is C32H40FN7O10. The molecule has 1 saturated carbocycles. The van der Waals surface area contributed by atoms with Crippen molar-refractivity contribution >= 4 is 35.8 Å². The first-order chi connectivity index (χ1) is 23.9. The highest BCUT2D eigenvalue weighted by atomic mass is 19.1. The monoisotopic (exact) mass is 701 g/mol. The van der Waals surface area contributed by atoms with E-state index in [1.165, 1.54) is 39.1 Å². The number of aromatic nitrogens is 2. The van der Waals surface area contributed by atoms with Crippen molar-refractivity contribution in [2.75, 3.05) is 53.0 Å². The fraction of sp³-hybridized carbons (Fsp3) is 0.531. The molecule has 0 unspecified atom stereocenters. The molecule has 3 heterocycles. The molecule has 0 radical (unpaired) electrons. The number of likely N-dealkylation sites (tertiary alicyclic amines) is 1. The van der Waals surface area contributed by atoms with Crippen molar-refractivity contribution in [3.8, 4) is 11.6 Å². The smallest absolute Gasteiger partial charge is 0.481 e. The van der Waals surface area contributed by atoms with E-state index < -0.39 is 60.8 Å². The van der Waals surface area contributed by atoms with Gasteiger partial charge in [-0.1, -0.05) is 6.07 Å². The van der Waals surface area contributed by atoms with Crippen molar-refractivity contribution in [2.45, 2.75) is 57.2 Å². The molecule has 50 heavy (non-hydrogen) atoms. The molecule has 0 bridgehead atoms. The quantitative estimate of drug-likeness (QED) is 0.280. The number of carboxylic acid groups (broad SMARTS) is 1. The number of carbonyl (C=O) groups excluding carboxylic acids is 5. The summed E-state index contributed by atoms with van der Waals surface area (Å²) in [6, 6.07) is 4.54. The van der Waals surface area contributed by atoms with Gasteiger partial charge in [-0.25, -0.2) is 13.9 Å². The zero-order valence-electron chi connectivity index (χ0n) is 27.8. The predicted octanol–water partition coefficient (Wildman–Crippen LogP) is 0.807. The molecule has 2 N–H and O–H groups in total. The van der Waals surface area contributed by atoms with E-state index in [9.17, 15) is 38.3 Å². The molecule has 2 aliphatic heterocycles. The van der Waals surface area contributed by atoms with E-state index in [2.05, 4.69) is 10.4 Å². The maximum Gasteiger partial charge on any atom is 0.527 e. The van der Waals surface area contributed by atoms with Crippen LogP contribution < -0.4 is 10.1 Å². The molecule has 2 aromatic rings. The molecule has 0 spiro atoms. The number of benzene rings is 1. The van der Waals surface area contributed by atoms with Crippen LogP contribution in [-0.2, 0) is 28.8 Å². The summed E-state index contributed by atoms with van der Waals surface area (Å²) in [5.74, 6) is -4.24. The van der Waals surface area contributed by atoms with E-state index in [1.54, 1.807) is 18.9 Å². The SMILES string of the molecule is CCOC(=O)ON1CCN(C(=O)[C@H](CC(=O)O)NC(=O)c2cc(OCC(=O)N3CCC[C@H]3C(=O)N(C)C3CC3)n(-c3cccc(F)c3)n2)CC1. The van der Waals surface area contributed by atoms with Crippen LogP contribution in [0.2, 0.25) is 0 Å². The van der Waals surface area contributed by atoms with Crippen LogP contribution in [0.15, 0.2) is 30.3 Å². The van der Waals surface area contributed by atoms with Gasteiger partial charge in [-0.3, -0.25) is 24.0 Å². The highest BCUT2D eigenvalue weighted by Crippen LogP contribution is 2.29. The van der Waals surface area contributed by atoms with Gasteiger partial charge in [0.1, 0.15) is 17.9 Å². The third kappa shape index (κ3) is 8.85. The third-order valence-electron chi connectivity index (χ3n) is 8.60. The molecule has 1 aliphatic carbocycles. The number of aliphatic carboxylic acids is 1. The summed E-state index contributed by atoms with van der Waals surface area (Å²) in [5.41, 5.74) is -0.138. The van der Waals surface area contributed by atoms with Crippen molar-refractivity contribution in [3.05, 3.63) is 41.8 Å². The van der Waals surface area contributed by atoms with Gasteiger partial charge in [0, 0.05) is 38.8 Å². The second-order valence-corrected chi connectivity index (χ2v) is 12.1. The summed E-state index contributed by atoms with van der Waals surface area (Å²) in [7, 11) is 1.74. The van der Waals surface area contributed by atoms with Gasteiger partial charge in [-0.15, -0.1) is 5.06 Å². The number of ether oxygens (including phenoxy) is 2. The second kappa shape index (κ2) is 16.0. The standard InChI is InChI=1S/C32H40FN7O10/c1-3-48-32(47)50-38-14-12-37(13-15-38)30(45)24(18-28(42)43)34-29(44)23-17-27(40(35-23)22-7-4-6-20(33)16-22)49-19-26(41)39-11-5-8-25(39)31(46)36(2)21-9-10-21/h4,6-7,16-17,21,24-25H,3,5,8-15,18-19H2,1-2H3,(H,34,44)(H,42,43)/t24-,25-/m0/s1. The molecular weight excluding hydrogens is 661 g/mol. The Morgan fingerprint density at radius 1 is 1.06 bits per heavy atom. The fourth-order valence-corrected chi connectivity index (χ4v) is 5.86. The average Bonchev–Trinajstić information content (AvgIpc) is 3.65. The maximum atomic E-state index is 14.2. The number of hydrogen-bond donors (Lipinski definition) is 2. The number of nitrogens with one attached hydrogen (secondary N) is 1. The Morgan fingerprint density at radius 3 is 2.46 bits per heavy atom. The molecule has 17 nitrogen and oxygen atoms in total. The number of nitrogens with zero attached hydrogens (tertiary/aromatic N) is 6. The zero-order chi connectivity index (χ0) is 35.9. The molecule has 18 heteroatoms. The van der Waals surface area contributed by atoms with Crippen LogP contribution in [0.3, 0.4) is 0 Å². The molecule has 5 rings (SSSR count). The number of carbonyl (C=O) groups is 6. The Bertz CT molecular complexity index is 1610. The van der Waals surface area contributed by atoms with Crippen LogP contribution in [0.4, 0.5) is 9.18 Å². The Kier molecular flexibility index (Phi) is 11.5. The van der Waals surface area contributed by atoms with E-state index in [0.29, 0.717) is 19.4 Å². The Labute approximate surface area is 286 Å². The van der Waals surface area contributed by atoms with Crippen molar-refractivity contribution in [3.63, 3.8) is 0 Å². The fourth-order valence-electron chi connectivity index (χ4n) is 5.86. The Hall–Kier alpha value is -5.26. The van der Waals surface area contributed by atoms with E-state index in [-0.39, 0.29) is 62.0 Å². The lowest BCUT2D eigenvalue weighted by Gasteiger charge is -2.34. The van der Waals surface area contributed by atoms with Gasteiger partial charge in [0.05, 0.1) is 31.8 Å². The highest BCUT2D eigenvalue weighted by Gasteiger charge is 2.40. The number of halogens is 1. The van der Waals surface area contributed by atoms with Gasteiger partial charge < -0.3 is 39.4 Å². The predicted molar refractivity (Wildman–Crippen MR) is 169 cm³/mol. The Morgan fingerprint density at radius 2 is 1.80 bits per heavy atom. The minimum absolute atomic E-state index is 0.0742.